The van der Waals surface area contributed by atoms with Crippen molar-refractivity contribution >= 4 is 23.0 Å². The number of hydrogen-bond acceptors (Lipinski definition) is 3. The summed E-state index contributed by atoms with van der Waals surface area (Å²) in [5.41, 5.74) is 9.73. The van der Waals surface area contributed by atoms with Crippen molar-refractivity contribution in [3.8, 4) is 0 Å². The predicted molar refractivity (Wildman–Crippen MR) is 78.3 cm³/mol. The molecule has 19 heavy (non-hydrogen) atoms. The van der Waals surface area contributed by atoms with Crippen LogP contribution in [0.3, 0.4) is 0 Å². The number of benzene rings is 1. The Morgan fingerprint density at radius 2 is 1.89 bits per heavy atom. The molecule has 1 heterocycles. The average molecular weight is 259 g/mol. The van der Waals surface area contributed by atoms with Gasteiger partial charge in [0.1, 0.15) is 0 Å². The summed E-state index contributed by atoms with van der Waals surface area (Å²) in [6.07, 6.45) is 8.13. The fourth-order valence-electron chi connectivity index (χ4n) is 3.06. The van der Waals surface area contributed by atoms with Gasteiger partial charge >= 0.3 is 0 Å². The third-order valence-corrected chi connectivity index (χ3v) is 4.12. The van der Waals surface area contributed by atoms with Crippen LogP contribution in [0.4, 0.5) is 17.1 Å². The fourth-order valence-corrected chi connectivity index (χ4v) is 3.06. The minimum absolute atomic E-state index is 0.0565. The van der Waals surface area contributed by atoms with Gasteiger partial charge in [-0.05, 0) is 30.5 Å². The van der Waals surface area contributed by atoms with Gasteiger partial charge in [0.05, 0.1) is 17.8 Å². The molecule has 1 aliphatic carbocycles. The third kappa shape index (κ3) is 2.67. The van der Waals surface area contributed by atoms with Gasteiger partial charge in [-0.2, -0.15) is 0 Å². The third-order valence-electron chi connectivity index (χ3n) is 4.12. The van der Waals surface area contributed by atoms with Crippen LogP contribution in [0.25, 0.3) is 0 Å². The van der Waals surface area contributed by atoms with Crippen LogP contribution < -0.4 is 16.4 Å². The number of carbonyl (C=O) groups excluding carboxylic acids is 1. The smallest absolute Gasteiger partial charge is 0.228 e. The van der Waals surface area contributed by atoms with Crippen molar-refractivity contribution in [1.29, 1.82) is 0 Å². The minimum atomic E-state index is 0.0565. The Morgan fingerprint density at radius 1 is 1.16 bits per heavy atom. The van der Waals surface area contributed by atoms with Crippen LogP contribution in [-0.4, -0.2) is 11.9 Å². The topological polar surface area (TPSA) is 67.2 Å². The zero-order chi connectivity index (χ0) is 13.2. The van der Waals surface area contributed by atoms with Gasteiger partial charge in [-0.15, -0.1) is 0 Å². The SMILES string of the molecule is Nc1cc2c(cc1NC1CCCCCC1)NC(=O)C2. The van der Waals surface area contributed by atoms with E-state index in [-0.39, 0.29) is 5.91 Å². The Balaban J connectivity index is 1.77. The Morgan fingerprint density at radius 3 is 2.63 bits per heavy atom. The van der Waals surface area contributed by atoms with Gasteiger partial charge in [-0.3, -0.25) is 4.79 Å². The number of nitrogens with two attached hydrogens (primary N) is 1. The maximum atomic E-state index is 11.4. The molecule has 3 rings (SSSR count). The molecule has 1 aliphatic heterocycles. The van der Waals surface area contributed by atoms with E-state index in [1.165, 1.54) is 38.5 Å². The van der Waals surface area contributed by atoms with Crippen molar-refractivity contribution in [2.24, 2.45) is 0 Å². The first-order chi connectivity index (χ1) is 9.22. The molecule has 1 aromatic rings. The van der Waals surface area contributed by atoms with Gasteiger partial charge in [0.15, 0.2) is 0 Å². The van der Waals surface area contributed by atoms with E-state index in [0.29, 0.717) is 12.5 Å². The highest BCUT2D eigenvalue weighted by Gasteiger charge is 2.20. The van der Waals surface area contributed by atoms with E-state index < -0.39 is 0 Å². The molecular weight excluding hydrogens is 238 g/mol. The molecule has 0 unspecified atom stereocenters. The molecule has 1 amide bonds. The molecule has 0 aromatic heterocycles. The highest BCUT2D eigenvalue weighted by Crippen LogP contribution is 2.33. The Kier molecular flexibility index (Phi) is 3.32. The van der Waals surface area contributed by atoms with Crippen LogP contribution in [0, 0.1) is 0 Å². The molecule has 4 heteroatoms. The molecule has 0 spiro atoms. The van der Waals surface area contributed by atoms with Crippen LogP contribution >= 0.6 is 0 Å². The first-order valence-corrected chi connectivity index (χ1v) is 7.21. The molecule has 0 saturated heterocycles. The second-order valence-corrected chi connectivity index (χ2v) is 5.65. The lowest BCUT2D eigenvalue weighted by Crippen LogP contribution is -2.19. The van der Waals surface area contributed by atoms with Gasteiger partial charge in [0.2, 0.25) is 5.91 Å². The highest BCUT2D eigenvalue weighted by atomic mass is 16.1. The first kappa shape index (κ1) is 12.3. The largest absolute Gasteiger partial charge is 0.397 e. The number of nitrogen functional groups attached to an aromatic ring is 1. The van der Waals surface area contributed by atoms with E-state index in [1.54, 1.807) is 0 Å². The first-order valence-electron chi connectivity index (χ1n) is 7.21. The number of hydrogen-bond donors (Lipinski definition) is 3. The molecule has 0 atom stereocenters. The van der Waals surface area contributed by atoms with Crippen LogP contribution in [0.2, 0.25) is 0 Å². The van der Waals surface area contributed by atoms with E-state index in [0.717, 1.165) is 22.6 Å². The maximum absolute atomic E-state index is 11.4. The van der Waals surface area contributed by atoms with Gasteiger partial charge in [0, 0.05) is 11.7 Å². The Bertz CT molecular complexity index is 490. The summed E-state index contributed by atoms with van der Waals surface area (Å²) in [6.45, 7) is 0. The number of amides is 1. The molecule has 1 saturated carbocycles. The van der Waals surface area contributed by atoms with Crippen molar-refractivity contribution < 1.29 is 4.79 Å². The van der Waals surface area contributed by atoms with Gasteiger partial charge in [0.25, 0.3) is 0 Å². The van der Waals surface area contributed by atoms with Crippen molar-refractivity contribution in [3.63, 3.8) is 0 Å². The molecule has 4 nitrogen and oxygen atoms in total. The van der Waals surface area contributed by atoms with Crippen LogP contribution in [0.15, 0.2) is 12.1 Å². The summed E-state index contributed by atoms with van der Waals surface area (Å²) >= 11 is 0. The molecule has 1 aromatic carbocycles. The molecule has 4 N–H and O–H groups in total. The summed E-state index contributed by atoms with van der Waals surface area (Å²) in [5, 5.41) is 6.44. The summed E-state index contributed by atoms with van der Waals surface area (Å²) < 4.78 is 0. The van der Waals surface area contributed by atoms with Crippen molar-refractivity contribution in [1.82, 2.24) is 0 Å². The van der Waals surface area contributed by atoms with Crippen molar-refractivity contribution in [2.75, 3.05) is 16.4 Å². The second kappa shape index (κ2) is 5.11. The van der Waals surface area contributed by atoms with Crippen molar-refractivity contribution in [3.05, 3.63) is 17.7 Å². The summed E-state index contributed by atoms with van der Waals surface area (Å²) in [6, 6.07) is 4.42. The number of carbonyl (C=O) groups is 1. The summed E-state index contributed by atoms with van der Waals surface area (Å²) in [5.74, 6) is 0.0565. The lowest BCUT2D eigenvalue weighted by atomic mass is 10.1. The van der Waals surface area contributed by atoms with E-state index in [1.807, 2.05) is 12.1 Å². The molecule has 0 radical (unpaired) electrons. The molecule has 102 valence electrons. The second-order valence-electron chi connectivity index (χ2n) is 5.65. The van der Waals surface area contributed by atoms with Gasteiger partial charge in [-0.25, -0.2) is 0 Å². The van der Waals surface area contributed by atoms with Gasteiger partial charge < -0.3 is 16.4 Å². The summed E-state index contributed by atoms with van der Waals surface area (Å²) in [4.78, 5) is 11.4. The van der Waals surface area contributed by atoms with Gasteiger partial charge in [-0.1, -0.05) is 25.7 Å². The average Bonchev–Trinajstić information content (AvgIpc) is 2.59. The quantitative estimate of drug-likeness (QED) is 0.565. The maximum Gasteiger partial charge on any atom is 0.228 e. The molecular formula is C15H21N3O. The highest BCUT2D eigenvalue weighted by molar-refractivity contribution is 6.00. The van der Waals surface area contributed by atoms with E-state index in [4.69, 9.17) is 5.73 Å². The molecule has 0 bridgehead atoms. The van der Waals surface area contributed by atoms with E-state index >= 15 is 0 Å². The van der Waals surface area contributed by atoms with Crippen LogP contribution in [-0.2, 0) is 11.2 Å². The number of anilines is 3. The van der Waals surface area contributed by atoms with E-state index in [2.05, 4.69) is 10.6 Å². The standard InChI is InChI=1S/C15H21N3O/c16-12-7-10-8-15(19)18-13(10)9-14(12)17-11-5-3-1-2-4-6-11/h7,9,11,17H,1-6,8,16H2,(H,18,19). The zero-order valence-electron chi connectivity index (χ0n) is 11.2. The predicted octanol–water partition coefficient (Wildman–Crippen LogP) is 2.90. The lowest BCUT2D eigenvalue weighted by molar-refractivity contribution is -0.115. The van der Waals surface area contributed by atoms with Crippen LogP contribution in [0.5, 0.6) is 0 Å². The van der Waals surface area contributed by atoms with Crippen molar-refractivity contribution in [2.45, 2.75) is 51.0 Å². The number of nitrogens with one attached hydrogen (secondary N) is 2. The normalized spacial score (nSPS) is 19.7. The minimum Gasteiger partial charge on any atom is -0.397 e. The summed E-state index contributed by atoms with van der Waals surface area (Å²) in [7, 11) is 0. The Hall–Kier alpha value is -1.71. The molecule has 2 aliphatic rings. The Labute approximate surface area is 113 Å². The van der Waals surface area contributed by atoms with Crippen LogP contribution in [0.1, 0.15) is 44.1 Å². The number of fused-ring (bicyclic) bond motifs is 1. The zero-order valence-corrected chi connectivity index (χ0v) is 11.2. The monoisotopic (exact) mass is 259 g/mol. The fraction of sp³-hybridized carbons (Fsp3) is 0.533. The molecule has 1 fully saturated rings. The van der Waals surface area contributed by atoms with E-state index in [9.17, 15) is 4.79 Å². The number of rotatable bonds is 2. The lowest BCUT2D eigenvalue weighted by Gasteiger charge is -2.19.